The predicted octanol–water partition coefficient (Wildman–Crippen LogP) is 1.46. The van der Waals surface area contributed by atoms with Gasteiger partial charge in [-0.2, -0.15) is 0 Å². The van der Waals surface area contributed by atoms with Gasteiger partial charge < -0.3 is 4.90 Å². The van der Waals surface area contributed by atoms with Crippen molar-refractivity contribution < 1.29 is 4.79 Å². The van der Waals surface area contributed by atoms with Gasteiger partial charge in [0.1, 0.15) is 0 Å². The summed E-state index contributed by atoms with van der Waals surface area (Å²) in [6, 6.07) is 0. The van der Waals surface area contributed by atoms with Gasteiger partial charge in [-0.1, -0.05) is 13.0 Å². The molecule has 0 aromatic rings. The zero-order chi connectivity index (χ0) is 9.68. The van der Waals surface area contributed by atoms with Gasteiger partial charge in [-0.05, 0) is 12.3 Å². The summed E-state index contributed by atoms with van der Waals surface area (Å²) in [7, 11) is 1.78. The highest BCUT2D eigenvalue weighted by molar-refractivity contribution is 5.63. The van der Waals surface area contributed by atoms with Crippen LogP contribution >= 0.6 is 0 Å². The topological polar surface area (TPSA) is 32.7 Å². The lowest BCUT2D eigenvalue weighted by molar-refractivity contribution is -0.116. The van der Waals surface area contributed by atoms with Gasteiger partial charge in [0, 0.05) is 31.9 Å². The summed E-state index contributed by atoms with van der Waals surface area (Å²) in [5, 5.41) is 0. The first kappa shape index (κ1) is 9.96. The summed E-state index contributed by atoms with van der Waals surface area (Å²) in [6.45, 7) is 2.90. The van der Waals surface area contributed by atoms with Gasteiger partial charge in [0.25, 0.3) is 0 Å². The molecule has 0 saturated carbocycles. The Balaban J connectivity index is 2.31. The minimum Gasteiger partial charge on any atom is -0.348 e. The molecule has 1 unspecified atom stereocenters. The highest BCUT2D eigenvalue weighted by atomic mass is 16.1. The first-order valence-corrected chi connectivity index (χ1v) is 4.61. The molecular weight excluding hydrogens is 164 g/mol. The molecule has 0 aromatic carbocycles. The minimum atomic E-state index is 0.563. The first-order chi connectivity index (χ1) is 6.22. The van der Waals surface area contributed by atoms with Crippen LogP contribution in [0.2, 0.25) is 0 Å². The summed E-state index contributed by atoms with van der Waals surface area (Å²) < 4.78 is 0. The third-order valence-corrected chi connectivity index (χ3v) is 2.12. The van der Waals surface area contributed by atoms with Crippen LogP contribution in [-0.2, 0) is 4.79 Å². The third kappa shape index (κ3) is 3.40. The monoisotopic (exact) mass is 180 g/mol. The number of hydrogen-bond acceptors (Lipinski definition) is 2. The van der Waals surface area contributed by atoms with E-state index < -0.39 is 0 Å². The summed E-state index contributed by atoms with van der Waals surface area (Å²) in [4.78, 5) is 16.2. The van der Waals surface area contributed by atoms with E-state index in [2.05, 4.69) is 18.0 Å². The SMILES string of the molecule is CC1C=NC(CCN(C)C=O)=CC1. The molecule has 0 N–H and O–H groups in total. The van der Waals surface area contributed by atoms with Crippen LogP contribution in [-0.4, -0.2) is 31.1 Å². The van der Waals surface area contributed by atoms with Crippen LogP contribution in [0.25, 0.3) is 0 Å². The van der Waals surface area contributed by atoms with E-state index in [1.165, 1.54) is 0 Å². The van der Waals surface area contributed by atoms with Crippen LogP contribution in [0, 0.1) is 5.92 Å². The molecule has 1 rings (SSSR count). The van der Waals surface area contributed by atoms with Gasteiger partial charge in [0.2, 0.25) is 6.41 Å². The molecule has 0 radical (unpaired) electrons. The van der Waals surface area contributed by atoms with Crippen molar-refractivity contribution in [1.29, 1.82) is 0 Å². The standard InChI is InChI=1S/C10H16N2O/c1-9-3-4-10(11-7-9)5-6-12(2)8-13/h4,7-9H,3,5-6H2,1-2H3. The summed E-state index contributed by atoms with van der Waals surface area (Å²) in [5.74, 6) is 0.563. The minimum absolute atomic E-state index is 0.563. The molecule has 1 aliphatic heterocycles. The Morgan fingerprint density at radius 2 is 2.54 bits per heavy atom. The molecule has 1 amide bonds. The maximum atomic E-state index is 10.3. The molecule has 3 nitrogen and oxygen atoms in total. The molecule has 1 heterocycles. The van der Waals surface area contributed by atoms with Gasteiger partial charge in [-0.25, -0.2) is 0 Å². The Hall–Kier alpha value is -1.12. The van der Waals surface area contributed by atoms with E-state index >= 15 is 0 Å². The largest absolute Gasteiger partial charge is 0.348 e. The summed E-state index contributed by atoms with van der Waals surface area (Å²) >= 11 is 0. The molecule has 3 heteroatoms. The van der Waals surface area contributed by atoms with Crippen molar-refractivity contribution in [3.63, 3.8) is 0 Å². The van der Waals surface area contributed by atoms with E-state index in [0.717, 1.165) is 31.5 Å². The van der Waals surface area contributed by atoms with Crippen molar-refractivity contribution in [1.82, 2.24) is 4.90 Å². The number of allylic oxidation sites excluding steroid dienone is 1. The Labute approximate surface area is 79.1 Å². The van der Waals surface area contributed by atoms with Crippen LogP contribution in [0.5, 0.6) is 0 Å². The lowest BCUT2D eigenvalue weighted by Gasteiger charge is -2.13. The van der Waals surface area contributed by atoms with E-state index in [1.54, 1.807) is 11.9 Å². The maximum Gasteiger partial charge on any atom is 0.209 e. The number of amides is 1. The summed E-state index contributed by atoms with van der Waals surface area (Å²) in [6.07, 6.45) is 6.91. The second-order valence-corrected chi connectivity index (χ2v) is 3.52. The molecule has 0 aromatic heterocycles. The lowest BCUT2D eigenvalue weighted by Crippen LogP contribution is -2.17. The fraction of sp³-hybridized carbons (Fsp3) is 0.600. The zero-order valence-corrected chi connectivity index (χ0v) is 8.23. The molecule has 1 atom stereocenters. The van der Waals surface area contributed by atoms with E-state index in [4.69, 9.17) is 0 Å². The van der Waals surface area contributed by atoms with Gasteiger partial charge in [0.15, 0.2) is 0 Å². The van der Waals surface area contributed by atoms with Gasteiger partial charge in [0.05, 0.1) is 0 Å². The molecule has 1 aliphatic rings. The second kappa shape index (κ2) is 4.80. The number of hydrogen-bond donors (Lipinski definition) is 0. The van der Waals surface area contributed by atoms with Crippen LogP contribution in [0.15, 0.2) is 16.8 Å². The molecule has 0 aliphatic carbocycles. The van der Waals surface area contributed by atoms with Crippen molar-refractivity contribution in [2.75, 3.05) is 13.6 Å². The van der Waals surface area contributed by atoms with Gasteiger partial charge in [-0.15, -0.1) is 0 Å². The van der Waals surface area contributed by atoms with Crippen molar-refractivity contribution in [2.45, 2.75) is 19.8 Å². The number of carbonyl (C=O) groups is 1. The smallest absolute Gasteiger partial charge is 0.209 e. The Morgan fingerprint density at radius 1 is 1.77 bits per heavy atom. The normalized spacial score (nSPS) is 21.1. The average Bonchev–Trinajstić information content (AvgIpc) is 2.16. The van der Waals surface area contributed by atoms with Crippen LogP contribution in [0.3, 0.4) is 0 Å². The van der Waals surface area contributed by atoms with Crippen LogP contribution in [0.4, 0.5) is 0 Å². The van der Waals surface area contributed by atoms with Crippen LogP contribution < -0.4 is 0 Å². The fourth-order valence-electron chi connectivity index (χ4n) is 1.17. The van der Waals surface area contributed by atoms with E-state index in [0.29, 0.717) is 5.92 Å². The molecule has 0 fully saturated rings. The average molecular weight is 180 g/mol. The number of nitrogens with zero attached hydrogens (tertiary/aromatic N) is 2. The molecule has 0 bridgehead atoms. The highest BCUT2D eigenvalue weighted by Gasteiger charge is 2.05. The second-order valence-electron chi connectivity index (χ2n) is 3.52. The van der Waals surface area contributed by atoms with Gasteiger partial charge in [-0.3, -0.25) is 9.79 Å². The molecular formula is C10H16N2O. The fourth-order valence-corrected chi connectivity index (χ4v) is 1.17. The summed E-state index contributed by atoms with van der Waals surface area (Å²) in [5.41, 5.74) is 1.10. The maximum absolute atomic E-state index is 10.3. The lowest BCUT2D eigenvalue weighted by atomic mass is 10.1. The number of carbonyl (C=O) groups excluding carboxylic acids is 1. The zero-order valence-electron chi connectivity index (χ0n) is 8.23. The van der Waals surface area contributed by atoms with Crippen molar-refractivity contribution in [3.05, 3.63) is 11.8 Å². The first-order valence-electron chi connectivity index (χ1n) is 4.61. The van der Waals surface area contributed by atoms with Crippen LogP contribution in [0.1, 0.15) is 19.8 Å². The Kier molecular flexibility index (Phi) is 3.68. The number of aliphatic imine (C=N–C) groups is 1. The van der Waals surface area contributed by atoms with Crippen molar-refractivity contribution >= 4 is 12.6 Å². The van der Waals surface area contributed by atoms with Gasteiger partial charge >= 0.3 is 0 Å². The van der Waals surface area contributed by atoms with E-state index in [1.807, 2.05) is 6.21 Å². The van der Waals surface area contributed by atoms with Crippen molar-refractivity contribution in [2.24, 2.45) is 10.9 Å². The highest BCUT2D eigenvalue weighted by Crippen LogP contribution is 2.14. The van der Waals surface area contributed by atoms with E-state index in [-0.39, 0.29) is 0 Å². The molecule has 72 valence electrons. The molecule has 13 heavy (non-hydrogen) atoms. The quantitative estimate of drug-likeness (QED) is 0.603. The van der Waals surface area contributed by atoms with E-state index in [9.17, 15) is 4.79 Å². The Bertz CT molecular complexity index is 233. The third-order valence-electron chi connectivity index (χ3n) is 2.12. The predicted molar refractivity (Wildman–Crippen MR) is 53.7 cm³/mol. The molecule has 0 spiro atoms. The van der Waals surface area contributed by atoms with Crippen molar-refractivity contribution in [3.8, 4) is 0 Å². The number of rotatable bonds is 4. The Morgan fingerprint density at radius 3 is 3.08 bits per heavy atom. The molecule has 0 saturated heterocycles.